The topological polar surface area (TPSA) is 46.5 Å². The minimum atomic E-state index is 0.932. The summed E-state index contributed by atoms with van der Waals surface area (Å²) in [4.78, 5) is 13.2. The van der Waals surface area contributed by atoms with Crippen molar-refractivity contribution >= 4 is 65.4 Å². The number of fused-ring (bicyclic) bond motifs is 9. The van der Waals surface area contributed by atoms with Gasteiger partial charge in [-0.1, -0.05) is 84.9 Å². The van der Waals surface area contributed by atoms with Crippen molar-refractivity contribution in [3.8, 4) is 28.1 Å². The monoisotopic (exact) mass is 586 g/mol. The van der Waals surface area contributed by atoms with E-state index in [-0.39, 0.29) is 0 Å². The standard InChI is InChI=1S/C42H26N4/c1-3-9-37-32(7-1)34-24-29(16-21-38(34)44-37)30-17-22-40-35(25-30)33-8-2-4-10-39(33)46(40)31-18-13-26(14-19-31)36-20-15-28-12-11-27-6-5-23-43-41(27)42(28)45-36/h1-25,44H. The van der Waals surface area contributed by atoms with Crippen molar-refractivity contribution in [3.63, 3.8) is 0 Å². The molecule has 0 saturated heterocycles. The normalized spacial score (nSPS) is 11.9. The van der Waals surface area contributed by atoms with Gasteiger partial charge in [0.15, 0.2) is 0 Å². The lowest BCUT2D eigenvalue weighted by atomic mass is 10.0. The number of benzene rings is 6. The van der Waals surface area contributed by atoms with E-state index < -0.39 is 0 Å². The van der Waals surface area contributed by atoms with Crippen LogP contribution in [-0.4, -0.2) is 19.5 Å². The van der Waals surface area contributed by atoms with E-state index in [0.717, 1.165) is 44.3 Å². The summed E-state index contributed by atoms with van der Waals surface area (Å²) < 4.78 is 2.37. The first-order chi connectivity index (χ1) is 22.8. The van der Waals surface area contributed by atoms with Crippen molar-refractivity contribution < 1.29 is 0 Å². The van der Waals surface area contributed by atoms with Crippen LogP contribution in [0.1, 0.15) is 0 Å². The van der Waals surface area contributed by atoms with E-state index in [0.29, 0.717) is 0 Å². The van der Waals surface area contributed by atoms with Crippen LogP contribution >= 0.6 is 0 Å². The number of hydrogen-bond donors (Lipinski definition) is 1. The highest BCUT2D eigenvalue weighted by Crippen LogP contribution is 2.37. The molecule has 6 aromatic carbocycles. The Morgan fingerprint density at radius 3 is 2.02 bits per heavy atom. The molecule has 10 aromatic rings. The summed E-state index contributed by atoms with van der Waals surface area (Å²) in [6, 6.07) is 52.1. The summed E-state index contributed by atoms with van der Waals surface area (Å²) in [5.74, 6) is 0. The van der Waals surface area contributed by atoms with Gasteiger partial charge in [-0.2, -0.15) is 0 Å². The summed E-state index contributed by atoms with van der Waals surface area (Å²) in [6.07, 6.45) is 1.84. The number of nitrogens with zero attached hydrogens (tertiary/aromatic N) is 3. The molecule has 1 N–H and O–H groups in total. The lowest BCUT2D eigenvalue weighted by Gasteiger charge is -2.10. The maximum atomic E-state index is 5.07. The molecule has 4 nitrogen and oxygen atoms in total. The summed E-state index contributed by atoms with van der Waals surface area (Å²) >= 11 is 0. The Hall–Kier alpha value is -6.26. The highest BCUT2D eigenvalue weighted by Gasteiger charge is 2.15. The number of para-hydroxylation sites is 2. The molecule has 0 unspecified atom stereocenters. The summed E-state index contributed by atoms with van der Waals surface area (Å²) in [7, 11) is 0. The van der Waals surface area contributed by atoms with Crippen LogP contribution in [0.4, 0.5) is 0 Å². The van der Waals surface area contributed by atoms with E-state index in [9.17, 15) is 0 Å². The van der Waals surface area contributed by atoms with Crippen LogP contribution < -0.4 is 0 Å². The number of nitrogens with one attached hydrogen (secondary N) is 1. The van der Waals surface area contributed by atoms with Gasteiger partial charge in [-0.3, -0.25) is 4.98 Å². The maximum absolute atomic E-state index is 5.07. The number of hydrogen-bond acceptors (Lipinski definition) is 2. The molecule has 214 valence electrons. The molecule has 4 heterocycles. The molecule has 0 spiro atoms. The molecular formula is C42H26N4. The Morgan fingerprint density at radius 1 is 0.457 bits per heavy atom. The zero-order valence-electron chi connectivity index (χ0n) is 24.8. The fourth-order valence-electron chi connectivity index (χ4n) is 7.12. The van der Waals surface area contributed by atoms with E-state index in [2.05, 4.69) is 154 Å². The van der Waals surface area contributed by atoms with Gasteiger partial charge in [-0.25, -0.2) is 4.98 Å². The first-order valence-electron chi connectivity index (χ1n) is 15.6. The lowest BCUT2D eigenvalue weighted by molar-refractivity contribution is 1.18. The van der Waals surface area contributed by atoms with Crippen molar-refractivity contribution in [1.29, 1.82) is 0 Å². The summed E-state index contributed by atoms with van der Waals surface area (Å²) in [5.41, 5.74) is 12.1. The minimum Gasteiger partial charge on any atom is -0.355 e. The van der Waals surface area contributed by atoms with Gasteiger partial charge in [0.1, 0.15) is 0 Å². The molecular weight excluding hydrogens is 560 g/mol. The van der Waals surface area contributed by atoms with E-state index in [1.54, 1.807) is 0 Å². The maximum Gasteiger partial charge on any atom is 0.0972 e. The first kappa shape index (κ1) is 25.1. The van der Waals surface area contributed by atoms with Crippen LogP contribution in [0.5, 0.6) is 0 Å². The molecule has 0 amide bonds. The Kier molecular flexibility index (Phi) is 5.25. The van der Waals surface area contributed by atoms with Crippen molar-refractivity contribution in [2.45, 2.75) is 0 Å². The third-order valence-corrected chi connectivity index (χ3v) is 9.37. The largest absolute Gasteiger partial charge is 0.355 e. The summed E-state index contributed by atoms with van der Waals surface area (Å²) in [5, 5.41) is 7.19. The third-order valence-electron chi connectivity index (χ3n) is 9.37. The van der Waals surface area contributed by atoms with Crippen LogP contribution in [0.25, 0.3) is 93.5 Å². The Bertz CT molecular complexity index is 2800. The number of H-pyrrole nitrogens is 1. The van der Waals surface area contributed by atoms with Crippen LogP contribution in [0.15, 0.2) is 152 Å². The average Bonchev–Trinajstić information content (AvgIpc) is 3.66. The van der Waals surface area contributed by atoms with Gasteiger partial charge < -0.3 is 9.55 Å². The fraction of sp³-hybridized carbons (Fsp3) is 0. The molecule has 0 bridgehead atoms. The number of aromatic amines is 1. The summed E-state index contributed by atoms with van der Waals surface area (Å²) in [6.45, 7) is 0. The quantitative estimate of drug-likeness (QED) is 0.209. The van der Waals surface area contributed by atoms with E-state index >= 15 is 0 Å². The molecule has 0 fully saturated rings. The number of aromatic nitrogens is 4. The van der Waals surface area contributed by atoms with Gasteiger partial charge in [-0.05, 0) is 71.8 Å². The Balaban J connectivity index is 1.08. The van der Waals surface area contributed by atoms with Gasteiger partial charge in [0.05, 0.1) is 27.8 Å². The minimum absolute atomic E-state index is 0.932. The van der Waals surface area contributed by atoms with Crippen molar-refractivity contribution in [2.75, 3.05) is 0 Å². The molecule has 0 aliphatic rings. The molecule has 10 rings (SSSR count). The second-order valence-corrected chi connectivity index (χ2v) is 12.0. The predicted molar refractivity (Wildman–Crippen MR) is 192 cm³/mol. The van der Waals surface area contributed by atoms with E-state index in [4.69, 9.17) is 4.98 Å². The number of pyridine rings is 2. The molecule has 4 heteroatoms. The van der Waals surface area contributed by atoms with Gasteiger partial charge in [0.2, 0.25) is 0 Å². The zero-order valence-corrected chi connectivity index (χ0v) is 24.8. The Morgan fingerprint density at radius 2 is 1.13 bits per heavy atom. The first-order valence-corrected chi connectivity index (χ1v) is 15.6. The van der Waals surface area contributed by atoms with Crippen LogP contribution in [0.2, 0.25) is 0 Å². The second kappa shape index (κ2) is 9.62. The third kappa shape index (κ3) is 3.74. The molecule has 46 heavy (non-hydrogen) atoms. The van der Waals surface area contributed by atoms with Gasteiger partial charge >= 0.3 is 0 Å². The van der Waals surface area contributed by atoms with Crippen molar-refractivity contribution in [3.05, 3.63) is 152 Å². The van der Waals surface area contributed by atoms with Crippen molar-refractivity contribution in [2.24, 2.45) is 0 Å². The number of rotatable bonds is 3. The smallest absolute Gasteiger partial charge is 0.0972 e. The Labute approximate surface area is 264 Å². The molecule has 0 atom stereocenters. The average molecular weight is 587 g/mol. The molecule has 0 radical (unpaired) electrons. The lowest BCUT2D eigenvalue weighted by Crippen LogP contribution is -1.94. The molecule has 4 aromatic heterocycles. The predicted octanol–water partition coefficient (Wildman–Crippen LogP) is 10.8. The van der Waals surface area contributed by atoms with Crippen LogP contribution in [0, 0.1) is 0 Å². The van der Waals surface area contributed by atoms with Gasteiger partial charge in [0, 0.05) is 60.8 Å². The van der Waals surface area contributed by atoms with Gasteiger partial charge in [-0.15, -0.1) is 0 Å². The molecule has 0 aliphatic carbocycles. The zero-order chi connectivity index (χ0) is 30.2. The molecule has 0 aliphatic heterocycles. The fourth-order valence-corrected chi connectivity index (χ4v) is 7.12. The van der Waals surface area contributed by atoms with E-state index in [1.165, 1.54) is 49.2 Å². The van der Waals surface area contributed by atoms with Crippen molar-refractivity contribution in [1.82, 2.24) is 19.5 Å². The second-order valence-electron chi connectivity index (χ2n) is 12.0. The van der Waals surface area contributed by atoms with Crippen LogP contribution in [0.3, 0.4) is 0 Å². The SMILES string of the molecule is c1cnc2c(c1)ccc1ccc(-c3ccc(-n4c5ccccc5c5cc(-c6ccc7[nH]c8ccccc8c7c6)ccc54)cc3)nc12. The highest BCUT2D eigenvalue weighted by molar-refractivity contribution is 6.12. The van der Waals surface area contributed by atoms with Gasteiger partial charge in [0.25, 0.3) is 0 Å². The highest BCUT2D eigenvalue weighted by atomic mass is 15.0. The van der Waals surface area contributed by atoms with E-state index in [1.807, 2.05) is 12.3 Å². The molecule has 0 saturated carbocycles. The van der Waals surface area contributed by atoms with Crippen LogP contribution in [-0.2, 0) is 0 Å².